The second-order valence-corrected chi connectivity index (χ2v) is 19.0. The van der Waals surface area contributed by atoms with Crippen LogP contribution in [0, 0.1) is 23.2 Å². The molecule has 0 spiro atoms. The maximum atomic E-state index is 15.6. The van der Waals surface area contributed by atoms with E-state index in [1.165, 1.54) is 67.3 Å². The van der Waals surface area contributed by atoms with Crippen molar-refractivity contribution >= 4 is 16.3 Å². The number of hydrogen-bond acceptors (Lipinski definition) is 2. The van der Waals surface area contributed by atoms with Gasteiger partial charge in [0.05, 0.1) is 5.41 Å². The summed E-state index contributed by atoms with van der Waals surface area (Å²) in [5.41, 5.74) is 8.22. The van der Waals surface area contributed by atoms with Crippen molar-refractivity contribution in [3.05, 3.63) is 88.0 Å². The molecule has 50 heavy (non-hydrogen) atoms. The third kappa shape index (κ3) is 7.24. The lowest BCUT2D eigenvalue weighted by molar-refractivity contribution is -0.160. The second kappa shape index (κ2) is 16.4. The van der Waals surface area contributed by atoms with E-state index < -0.39 is 10.3 Å². The summed E-state index contributed by atoms with van der Waals surface area (Å²) in [6, 6.07) is 21.3. The van der Waals surface area contributed by atoms with E-state index >= 15 is 4.79 Å². The minimum Gasteiger partial charge on any atom is -0.401 e. The van der Waals surface area contributed by atoms with E-state index in [0.717, 1.165) is 96.3 Å². The van der Waals surface area contributed by atoms with E-state index in [4.69, 9.17) is 4.18 Å². The zero-order chi connectivity index (χ0) is 35.3. The van der Waals surface area contributed by atoms with Crippen LogP contribution >= 0.6 is 10.3 Å². The first-order valence-corrected chi connectivity index (χ1v) is 22.3. The predicted octanol–water partition coefficient (Wildman–Crippen LogP) is 13.4. The van der Waals surface area contributed by atoms with Crippen molar-refractivity contribution in [2.75, 3.05) is 0 Å². The molecule has 0 N–H and O–H groups in total. The fourth-order valence-electron chi connectivity index (χ4n) is 10.7. The van der Waals surface area contributed by atoms with Gasteiger partial charge in [0.2, 0.25) is 0 Å². The monoisotopic (exact) mass is 694 g/mol. The van der Waals surface area contributed by atoms with Gasteiger partial charge in [-0.3, -0.25) is 4.79 Å². The number of carbonyl (C=O) groups is 1. The van der Waals surface area contributed by atoms with Crippen molar-refractivity contribution in [2.45, 2.75) is 172 Å². The Morgan fingerprint density at radius 2 is 0.940 bits per heavy atom. The topological polar surface area (TPSA) is 26.3 Å². The Labute approximate surface area is 307 Å². The average Bonchev–Trinajstić information content (AvgIpc) is 3.08. The summed E-state index contributed by atoms with van der Waals surface area (Å²) < 4.78 is 7.87. The highest BCUT2D eigenvalue weighted by molar-refractivity contribution is 8.30. The summed E-state index contributed by atoms with van der Waals surface area (Å²) in [5.74, 6) is 2.19. The van der Waals surface area contributed by atoms with E-state index in [9.17, 15) is 0 Å². The van der Waals surface area contributed by atoms with Crippen LogP contribution in [-0.4, -0.2) is 5.97 Å². The van der Waals surface area contributed by atoms with Gasteiger partial charge in [0.25, 0.3) is 0 Å². The maximum absolute atomic E-state index is 15.6. The number of rotatable bonds is 17. The predicted molar refractivity (Wildman–Crippen MR) is 212 cm³/mol. The van der Waals surface area contributed by atoms with E-state index in [1.54, 1.807) is 0 Å². The first-order valence-electron chi connectivity index (χ1n) is 20.8. The van der Waals surface area contributed by atoms with Crippen LogP contribution < -0.4 is 0 Å². The van der Waals surface area contributed by atoms with Crippen LogP contribution in [-0.2, 0) is 47.5 Å². The van der Waals surface area contributed by atoms with Gasteiger partial charge in [0, 0.05) is 14.7 Å². The summed E-state index contributed by atoms with van der Waals surface area (Å²) >= 11 is 0. The third-order valence-corrected chi connectivity index (χ3v) is 15.6. The molecule has 0 saturated heterocycles. The Morgan fingerprint density at radius 3 is 1.28 bits per heavy atom. The molecule has 272 valence electrons. The normalized spacial score (nSPS) is 23.0. The van der Waals surface area contributed by atoms with Crippen LogP contribution in [0.4, 0.5) is 0 Å². The van der Waals surface area contributed by atoms with Gasteiger partial charge in [-0.1, -0.05) is 123 Å². The zero-order valence-corrected chi connectivity index (χ0v) is 33.2. The zero-order valence-electron chi connectivity index (χ0n) is 32.4. The highest BCUT2D eigenvalue weighted by Crippen LogP contribution is 2.74. The molecule has 2 nitrogen and oxygen atoms in total. The molecule has 4 aliphatic carbocycles. The van der Waals surface area contributed by atoms with Crippen LogP contribution in [0.15, 0.2) is 69.3 Å². The number of hydrogen-bond donors (Lipinski definition) is 0. The molecule has 0 aromatic heterocycles. The standard InChI is InChI=1S/C47H66O2S/c1-7-16-34-27-39(18-9-3)44(40(28-34)19-10-4)50(43-22-14-13-15-23-43,45-41(20-11-5)29-35(17-8-2)30-42(45)21-12-6)49-46(48)47-31-36-24-37(32-47)26-38(25-36)33-47/h13-15,22-23,27-30,36-38H,7-12,16-21,24-26,31-33H2,1-6H3. The average molecular weight is 695 g/mol. The summed E-state index contributed by atoms with van der Waals surface area (Å²) in [6.45, 7) is 13.9. The highest BCUT2D eigenvalue weighted by atomic mass is 32.3. The quantitative estimate of drug-likeness (QED) is 0.141. The number of aryl methyl sites for hydroxylation is 6. The fourth-order valence-corrected chi connectivity index (χ4v) is 14.7. The van der Waals surface area contributed by atoms with Crippen molar-refractivity contribution in [3.8, 4) is 0 Å². The van der Waals surface area contributed by atoms with Gasteiger partial charge in [-0.2, -0.15) is 0 Å². The lowest BCUT2D eigenvalue weighted by Gasteiger charge is -2.56. The molecule has 3 aromatic rings. The van der Waals surface area contributed by atoms with E-state index in [2.05, 4.69) is 96.1 Å². The molecule has 3 aromatic carbocycles. The summed E-state index contributed by atoms with van der Waals surface area (Å²) in [6.07, 6.45) is 19.8. The Kier molecular flexibility index (Phi) is 12.2. The molecule has 0 heterocycles. The molecular weight excluding hydrogens is 629 g/mol. The number of benzene rings is 3. The molecule has 4 fully saturated rings. The minimum absolute atomic E-state index is 0.125. The summed E-state index contributed by atoms with van der Waals surface area (Å²) in [7, 11) is -2.45. The Bertz CT molecular complexity index is 1440. The minimum atomic E-state index is -2.45. The molecule has 3 heteroatoms. The van der Waals surface area contributed by atoms with Crippen LogP contribution in [0.1, 0.15) is 152 Å². The van der Waals surface area contributed by atoms with E-state index in [0.29, 0.717) is 17.8 Å². The van der Waals surface area contributed by atoms with Crippen molar-refractivity contribution in [3.63, 3.8) is 0 Å². The van der Waals surface area contributed by atoms with Gasteiger partial charge < -0.3 is 4.18 Å². The van der Waals surface area contributed by atoms with E-state index in [-0.39, 0.29) is 11.4 Å². The highest BCUT2D eigenvalue weighted by Gasteiger charge is 2.57. The molecule has 0 radical (unpaired) electrons. The smallest absolute Gasteiger partial charge is 0.323 e. The van der Waals surface area contributed by atoms with Gasteiger partial charge >= 0.3 is 5.97 Å². The third-order valence-electron chi connectivity index (χ3n) is 12.1. The number of carbonyl (C=O) groups excluding carboxylic acids is 1. The van der Waals surface area contributed by atoms with Crippen LogP contribution in [0.3, 0.4) is 0 Å². The molecule has 0 atom stereocenters. The Hall–Kier alpha value is -2.52. The van der Waals surface area contributed by atoms with Crippen molar-refractivity contribution in [1.82, 2.24) is 0 Å². The van der Waals surface area contributed by atoms with Gasteiger partial charge in [0.1, 0.15) is 0 Å². The first kappa shape index (κ1) is 37.2. The van der Waals surface area contributed by atoms with Crippen molar-refractivity contribution in [1.29, 1.82) is 0 Å². The Balaban J connectivity index is 1.73. The van der Waals surface area contributed by atoms with Crippen molar-refractivity contribution in [2.24, 2.45) is 23.2 Å². The molecule has 0 aliphatic heterocycles. The van der Waals surface area contributed by atoms with E-state index in [1.807, 2.05) is 0 Å². The summed E-state index contributed by atoms with van der Waals surface area (Å²) in [4.78, 5) is 19.6. The van der Waals surface area contributed by atoms with Crippen LogP contribution in [0.25, 0.3) is 0 Å². The molecule has 0 unspecified atom stereocenters. The molecule has 7 rings (SSSR count). The van der Waals surface area contributed by atoms with Gasteiger partial charge in [0.15, 0.2) is 0 Å². The molecule has 0 amide bonds. The molecule has 4 saturated carbocycles. The fraction of sp³-hybridized carbons (Fsp3) is 0.596. The first-order chi connectivity index (χ1) is 24.3. The van der Waals surface area contributed by atoms with Crippen LogP contribution in [0.2, 0.25) is 0 Å². The van der Waals surface area contributed by atoms with Gasteiger partial charge in [-0.25, -0.2) is 0 Å². The Morgan fingerprint density at radius 1 is 0.580 bits per heavy atom. The van der Waals surface area contributed by atoms with Gasteiger partial charge in [-0.15, -0.1) is 0 Å². The molecule has 4 aliphatic rings. The van der Waals surface area contributed by atoms with Gasteiger partial charge in [-0.05, 0) is 151 Å². The molecular formula is C47H66O2S. The SMILES string of the molecule is CCCc1cc(CCC)c(S(OC(=O)C23CC4CC(CC(C4)C2)C3)(c2ccccc2)c2c(CCC)cc(CCC)cc2CCC)c(CCC)c1. The van der Waals surface area contributed by atoms with Crippen LogP contribution in [0.5, 0.6) is 0 Å². The lowest BCUT2D eigenvalue weighted by atomic mass is 9.49. The second-order valence-electron chi connectivity index (χ2n) is 16.4. The lowest BCUT2D eigenvalue weighted by Crippen LogP contribution is -2.50. The molecule has 4 bridgehead atoms. The summed E-state index contributed by atoms with van der Waals surface area (Å²) in [5, 5.41) is 0. The van der Waals surface area contributed by atoms with Crippen molar-refractivity contribution < 1.29 is 8.98 Å². The maximum Gasteiger partial charge on any atom is 0.323 e. The largest absolute Gasteiger partial charge is 0.401 e.